The number of hydrogen-bond donors (Lipinski definition) is 0. The van der Waals surface area contributed by atoms with Crippen molar-refractivity contribution in [3.05, 3.63) is 33.7 Å². The smallest absolute Gasteiger partial charge is 0.336 e. The average Bonchev–Trinajstić information content (AvgIpc) is 3.14. The van der Waals surface area contributed by atoms with Crippen molar-refractivity contribution in [2.75, 3.05) is 13.7 Å². The second kappa shape index (κ2) is 6.61. The summed E-state index contributed by atoms with van der Waals surface area (Å²) in [6, 6.07) is 3.04. The Morgan fingerprint density at radius 3 is 2.81 bits per heavy atom. The number of aryl methyl sites for hydroxylation is 1. The van der Waals surface area contributed by atoms with Crippen LogP contribution < -0.4 is 15.1 Å². The molecule has 0 N–H and O–H groups in total. The molecule has 0 aliphatic carbocycles. The molecule has 2 atom stereocenters. The molecule has 8 nitrogen and oxygen atoms in total. The van der Waals surface area contributed by atoms with E-state index in [1.165, 1.54) is 13.2 Å². The maximum Gasteiger partial charge on any atom is 0.336 e. The Kier molecular flexibility index (Phi) is 4.25. The van der Waals surface area contributed by atoms with Crippen LogP contribution in [0.15, 0.2) is 21.3 Å². The predicted molar refractivity (Wildman–Crippen MR) is 91.9 cm³/mol. The Hall–Kier alpha value is -3.03. The summed E-state index contributed by atoms with van der Waals surface area (Å²) in [5.41, 5.74) is 0.992. The van der Waals surface area contributed by atoms with E-state index in [-0.39, 0.29) is 30.7 Å². The third kappa shape index (κ3) is 2.90. The molecule has 142 valence electrons. The van der Waals surface area contributed by atoms with Crippen LogP contribution in [-0.2, 0) is 25.5 Å². The van der Waals surface area contributed by atoms with Gasteiger partial charge in [0.2, 0.25) is 0 Å². The molecule has 0 saturated carbocycles. The van der Waals surface area contributed by atoms with Crippen LogP contribution in [0.1, 0.15) is 36.8 Å². The summed E-state index contributed by atoms with van der Waals surface area (Å²) in [6.07, 6.45) is -0.163. The van der Waals surface area contributed by atoms with Crippen LogP contribution in [0.4, 0.5) is 0 Å². The fourth-order valence-electron chi connectivity index (χ4n) is 3.66. The minimum atomic E-state index is -0.726. The normalized spacial score (nSPS) is 20.0. The predicted octanol–water partition coefficient (Wildman–Crippen LogP) is 2.05. The molecule has 2 aliphatic rings. The van der Waals surface area contributed by atoms with E-state index in [9.17, 15) is 14.4 Å². The molecule has 4 rings (SSSR count). The first kappa shape index (κ1) is 17.4. The summed E-state index contributed by atoms with van der Waals surface area (Å²) >= 11 is 0. The van der Waals surface area contributed by atoms with Gasteiger partial charge in [-0.2, -0.15) is 0 Å². The minimum Gasteiger partial charge on any atom is -0.496 e. The van der Waals surface area contributed by atoms with Crippen molar-refractivity contribution in [2.45, 2.75) is 38.4 Å². The summed E-state index contributed by atoms with van der Waals surface area (Å²) < 4.78 is 26.8. The van der Waals surface area contributed by atoms with Gasteiger partial charge in [-0.25, -0.2) is 4.79 Å². The molecule has 3 heterocycles. The van der Waals surface area contributed by atoms with Gasteiger partial charge in [0.05, 0.1) is 31.4 Å². The molecular formula is C19H18O8. The maximum atomic E-state index is 12.2. The summed E-state index contributed by atoms with van der Waals surface area (Å²) in [6.45, 7) is 2.03. The number of carbonyl (C=O) groups excluding carboxylic acids is 2. The lowest BCUT2D eigenvalue weighted by molar-refractivity contribution is -0.150. The van der Waals surface area contributed by atoms with E-state index in [0.29, 0.717) is 46.6 Å². The van der Waals surface area contributed by atoms with E-state index in [1.807, 2.05) is 0 Å². The molecule has 0 amide bonds. The van der Waals surface area contributed by atoms with E-state index in [0.717, 1.165) is 0 Å². The zero-order valence-electron chi connectivity index (χ0n) is 14.9. The number of rotatable bonds is 5. The Bertz CT molecular complexity index is 989. The number of ether oxygens (including phenoxy) is 4. The van der Waals surface area contributed by atoms with Crippen LogP contribution in [0.5, 0.6) is 11.5 Å². The van der Waals surface area contributed by atoms with Crippen molar-refractivity contribution in [3.63, 3.8) is 0 Å². The molecule has 1 aromatic heterocycles. The highest BCUT2D eigenvalue weighted by Crippen LogP contribution is 2.50. The number of esters is 2. The molecule has 0 radical (unpaired) electrons. The zero-order valence-corrected chi connectivity index (χ0v) is 14.9. The van der Waals surface area contributed by atoms with Crippen molar-refractivity contribution in [2.24, 2.45) is 0 Å². The van der Waals surface area contributed by atoms with Gasteiger partial charge in [0.25, 0.3) is 6.29 Å². The number of fused-ring (bicyclic) bond motifs is 5. The largest absolute Gasteiger partial charge is 0.496 e. The molecule has 2 aliphatic heterocycles. The van der Waals surface area contributed by atoms with Crippen LogP contribution in [0, 0.1) is 0 Å². The minimum absolute atomic E-state index is 0.122. The summed E-state index contributed by atoms with van der Waals surface area (Å²) in [5, 5.41) is 0.587. The van der Waals surface area contributed by atoms with Gasteiger partial charge in [0.15, 0.2) is 0 Å². The quantitative estimate of drug-likeness (QED) is 0.579. The molecule has 0 bridgehead atoms. The van der Waals surface area contributed by atoms with Crippen molar-refractivity contribution in [3.8, 4) is 11.5 Å². The number of methoxy groups -OCH3 is 1. The van der Waals surface area contributed by atoms with Gasteiger partial charge in [-0.15, -0.1) is 0 Å². The zero-order chi connectivity index (χ0) is 19.1. The third-order valence-corrected chi connectivity index (χ3v) is 4.76. The standard InChI is InChI=1S/C19H18O8/c1-3-24-13(20)5-4-9-6-14(21)26-18-16(9)11(23-2)8-12-17(18)10-7-15(22)27-19(10)25-12/h6,8,10,19H,3-5,7H2,1-2H3/t10-,19-/m0/s1. The maximum absolute atomic E-state index is 12.2. The Morgan fingerprint density at radius 1 is 1.26 bits per heavy atom. The lowest BCUT2D eigenvalue weighted by Crippen LogP contribution is -2.14. The fraction of sp³-hybridized carbons (Fsp3) is 0.421. The fourth-order valence-corrected chi connectivity index (χ4v) is 3.66. The lowest BCUT2D eigenvalue weighted by Gasteiger charge is -2.13. The topological polar surface area (TPSA) is 101 Å². The molecule has 1 saturated heterocycles. The van der Waals surface area contributed by atoms with E-state index in [1.54, 1.807) is 13.0 Å². The number of carbonyl (C=O) groups is 2. The van der Waals surface area contributed by atoms with E-state index >= 15 is 0 Å². The Morgan fingerprint density at radius 2 is 2.07 bits per heavy atom. The molecule has 1 aromatic carbocycles. The molecule has 27 heavy (non-hydrogen) atoms. The highest BCUT2D eigenvalue weighted by molar-refractivity contribution is 5.93. The van der Waals surface area contributed by atoms with Crippen molar-refractivity contribution in [1.82, 2.24) is 0 Å². The highest BCUT2D eigenvalue weighted by Gasteiger charge is 2.46. The van der Waals surface area contributed by atoms with Crippen molar-refractivity contribution >= 4 is 22.9 Å². The van der Waals surface area contributed by atoms with Gasteiger partial charge in [0, 0.05) is 24.1 Å². The van der Waals surface area contributed by atoms with Gasteiger partial charge in [-0.05, 0) is 18.9 Å². The van der Waals surface area contributed by atoms with Gasteiger partial charge >= 0.3 is 17.6 Å². The molecule has 0 unspecified atom stereocenters. The third-order valence-electron chi connectivity index (χ3n) is 4.76. The second-order valence-electron chi connectivity index (χ2n) is 6.38. The molecular weight excluding hydrogens is 356 g/mol. The highest BCUT2D eigenvalue weighted by atomic mass is 16.7. The molecule has 1 fully saturated rings. The van der Waals surface area contributed by atoms with E-state index < -0.39 is 11.9 Å². The SMILES string of the molecule is CCOC(=O)CCc1cc(=O)oc2c3c(cc(OC)c12)O[C@H]1OC(=O)C[C@@H]31. The monoisotopic (exact) mass is 374 g/mol. The second-order valence-corrected chi connectivity index (χ2v) is 6.38. The van der Waals surface area contributed by atoms with Crippen LogP contribution >= 0.6 is 0 Å². The van der Waals surface area contributed by atoms with Gasteiger partial charge in [-0.1, -0.05) is 0 Å². The first-order valence-electron chi connectivity index (χ1n) is 8.71. The van der Waals surface area contributed by atoms with Gasteiger partial charge in [-0.3, -0.25) is 9.59 Å². The number of benzene rings is 1. The van der Waals surface area contributed by atoms with Crippen LogP contribution in [-0.4, -0.2) is 31.9 Å². The molecule has 2 aromatic rings. The average molecular weight is 374 g/mol. The summed E-state index contributed by atoms with van der Waals surface area (Å²) in [4.78, 5) is 35.5. The van der Waals surface area contributed by atoms with Gasteiger partial charge < -0.3 is 23.4 Å². The summed E-state index contributed by atoms with van der Waals surface area (Å²) in [7, 11) is 1.50. The van der Waals surface area contributed by atoms with E-state index in [2.05, 4.69) is 0 Å². The van der Waals surface area contributed by atoms with Crippen LogP contribution in [0.3, 0.4) is 0 Å². The van der Waals surface area contributed by atoms with Crippen molar-refractivity contribution < 1.29 is 33.0 Å². The van der Waals surface area contributed by atoms with Crippen molar-refractivity contribution in [1.29, 1.82) is 0 Å². The van der Waals surface area contributed by atoms with Crippen LogP contribution in [0.25, 0.3) is 11.0 Å². The molecule has 0 spiro atoms. The van der Waals surface area contributed by atoms with Crippen LogP contribution in [0.2, 0.25) is 0 Å². The Labute approximate surface area is 153 Å². The van der Waals surface area contributed by atoms with E-state index in [4.69, 9.17) is 23.4 Å². The number of hydrogen-bond acceptors (Lipinski definition) is 8. The summed E-state index contributed by atoms with van der Waals surface area (Å²) in [5.74, 6) is -0.132. The first-order valence-corrected chi connectivity index (χ1v) is 8.71. The Balaban J connectivity index is 1.85. The molecule has 8 heteroatoms. The van der Waals surface area contributed by atoms with Gasteiger partial charge in [0.1, 0.15) is 17.1 Å². The lowest BCUT2D eigenvalue weighted by atomic mass is 9.93. The first-order chi connectivity index (χ1) is 13.0.